The third kappa shape index (κ3) is 4.75. The molecule has 8 heteroatoms. The summed E-state index contributed by atoms with van der Waals surface area (Å²) in [5.41, 5.74) is -0.0468. The highest BCUT2D eigenvalue weighted by Crippen LogP contribution is 2.20. The normalized spacial score (nSPS) is 10.5. The molecule has 0 aliphatic rings. The maximum absolute atomic E-state index is 11.8. The second-order valence-corrected chi connectivity index (χ2v) is 5.47. The van der Waals surface area contributed by atoms with Crippen LogP contribution in [0.2, 0.25) is 10.0 Å². The molecule has 1 aromatic carbocycles. The van der Waals surface area contributed by atoms with E-state index < -0.39 is 11.2 Å². The molecule has 0 aliphatic carbocycles. The second-order valence-electron chi connectivity index (χ2n) is 4.63. The van der Waals surface area contributed by atoms with Crippen molar-refractivity contribution in [1.29, 1.82) is 0 Å². The largest absolute Gasteiger partial charge is 0.355 e. The Morgan fingerprint density at radius 2 is 1.91 bits per heavy atom. The van der Waals surface area contributed by atoms with E-state index in [2.05, 4.69) is 10.3 Å². The van der Waals surface area contributed by atoms with Crippen LogP contribution in [-0.4, -0.2) is 22.4 Å². The first-order valence-electron chi connectivity index (χ1n) is 6.47. The van der Waals surface area contributed by atoms with Gasteiger partial charge in [0.05, 0.1) is 6.42 Å². The molecule has 0 atom stereocenters. The summed E-state index contributed by atoms with van der Waals surface area (Å²) in [5.74, 6) is -0.300. The monoisotopic (exact) mass is 341 g/mol. The number of carbonyl (C=O) groups is 1. The SMILES string of the molecule is O=C(Cc1cc(=O)[nH]c(=O)[nH]1)NCCc1ccc(Cl)cc1Cl. The van der Waals surface area contributed by atoms with E-state index in [1.807, 2.05) is 4.98 Å². The summed E-state index contributed by atoms with van der Waals surface area (Å²) < 4.78 is 0. The van der Waals surface area contributed by atoms with E-state index in [1.165, 1.54) is 6.07 Å². The van der Waals surface area contributed by atoms with Crippen LogP contribution in [0.4, 0.5) is 0 Å². The van der Waals surface area contributed by atoms with Crippen molar-refractivity contribution in [2.45, 2.75) is 12.8 Å². The van der Waals surface area contributed by atoms with Crippen molar-refractivity contribution < 1.29 is 4.79 Å². The zero-order valence-corrected chi connectivity index (χ0v) is 12.9. The first-order valence-corrected chi connectivity index (χ1v) is 7.23. The average molecular weight is 342 g/mol. The molecule has 0 saturated heterocycles. The van der Waals surface area contributed by atoms with Crippen molar-refractivity contribution in [3.63, 3.8) is 0 Å². The highest BCUT2D eigenvalue weighted by molar-refractivity contribution is 6.35. The molecule has 0 unspecified atom stereocenters. The summed E-state index contributed by atoms with van der Waals surface area (Å²) in [4.78, 5) is 38.4. The summed E-state index contributed by atoms with van der Waals surface area (Å²) in [6, 6.07) is 6.34. The summed E-state index contributed by atoms with van der Waals surface area (Å²) in [5, 5.41) is 3.79. The van der Waals surface area contributed by atoms with Gasteiger partial charge in [-0.25, -0.2) is 4.79 Å². The predicted molar refractivity (Wildman–Crippen MR) is 84.6 cm³/mol. The van der Waals surface area contributed by atoms with Gasteiger partial charge in [0.1, 0.15) is 0 Å². The number of aromatic nitrogens is 2. The first-order chi connectivity index (χ1) is 10.4. The molecule has 6 nitrogen and oxygen atoms in total. The van der Waals surface area contributed by atoms with Gasteiger partial charge in [0.25, 0.3) is 5.56 Å². The fraction of sp³-hybridized carbons (Fsp3) is 0.214. The number of nitrogens with one attached hydrogen (secondary N) is 3. The summed E-state index contributed by atoms with van der Waals surface area (Å²) in [6.45, 7) is 0.383. The van der Waals surface area contributed by atoms with Gasteiger partial charge in [0.15, 0.2) is 0 Å². The van der Waals surface area contributed by atoms with Crippen LogP contribution in [0.25, 0.3) is 0 Å². The fourth-order valence-electron chi connectivity index (χ4n) is 1.91. The molecule has 0 aliphatic heterocycles. The average Bonchev–Trinajstić information content (AvgIpc) is 2.40. The third-order valence-corrected chi connectivity index (χ3v) is 3.49. The lowest BCUT2D eigenvalue weighted by molar-refractivity contribution is -0.120. The fourth-order valence-corrected chi connectivity index (χ4v) is 2.41. The molecule has 2 aromatic rings. The van der Waals surface area contributed by atoms with Crippen LogP contribution in [0.15, 0.2) is 33.9 Å². The van der Waals surface area contributed by atoms with E-state index in [0.29, 0.717) is 23.0 Å². The summed E-state index contributed by atoms with van der Waals surface area (Å²) in [6.07, 6.45) is 0.473. The van der Waals surface area contributed by atoms with Crippen molar-refractivity contribution in [1.82, 2.24) is 15.3 Å². The van der Waals surface area contributed by atoms with Crippen LogP contribution in [0.5, 0.6) is 0 Å². The molecule has 116 valence electrons. The predicted octanol–water partition coefficient (Wildman–Crippen LogP) is 1.27. The van der Waals surface area contributed by atoms with E-state index in [9.17, 15) is 14.4 Å². The van der Waals surface area contributed by atoms with Gasteiger partial charge in [-0.2, -0.15) is 0 Å². The van der Waals surface area contributed by atoms with Crippen LogP contribution >= 0.6 is 23.2 Å². The van der Waals surface area contributed by atoms with E-state index in [-0.39, 0.29) is 18.0 Å². The van der Waals surface area contributed by atoms with Crippen molar-refractivity contribution in [3.8, 4) is 0 Å². The van der Waals surface area contributed by atoms with Crippen molar-refractivity contribution in [3.05, 3.63) is 66.4 Å². The molecule has 22 heavy (non-hydrogen) atoms. The highest BCUT2D eigenvalue weighted by atomic mass is 35.5. The minimum absolute atomic E-state index is 0.0759. The van der Waals surface area contributed by atoms with Gasteiger partial charge in [-0.3, -0.25) is 14.6 Å². The van der Waals surface area contributed by atoms with Gasteiger partial charge in [0.2, 0.25) is 5.91 Å². The molecule has 1 aromatic heterocycles. The number of halogens is 2. The Morgan fingerprint density at radius 1 is 1.14 bits per heavy atom. The Hall–Kier alpha value is -2.05. The Bertz CT molecular complexity index is 770. The van der Waals surface area contributed by atoms with Gasteiger partial charge in [-0.15, -0.1) is 0 Å². The van der Waals surface area contributed by atoms with E-state index >= 15 is 0 Å². The number of aromatic amines is 2. The van der Waals surface area contributed by atoms with Crippen LogP contribution in [0.3, 0.4) is 0 Å². The Balaban J connectivity index is 1.87. The molecule has 1 amide bonds. The Labute approximate surface area is 135 Å². The van der Waals surface area contributed by atoms with E-state index in [4.69, 9.17) is 23.2 Å². The maximum atomic E-state index is 11.8. The number of hydrogen-bond donors (Lipinski definition) is 3. The molecule has 0 radical (unpaired) electrons. The standard InChI is InChI=1S/C14H13Cl2N3O3/c15-9-2-1-8(11(16)5-9)3-4-17-12(20)6-10-7-13(21)19-14(22)18-10/h1-2,5,7H,3-4,6H2,(H,17,20)(H2,18,19,21,22). The smallest absolute Gasteiger partial charge is 0.325 e. The highest BCUT2D eigenvalue weighted by Gasteiger charge is 2.06. The molecular weight excluding hydrogens is 329 g/mol. The number of rotatable bonds is 5. The van der Waals surface area contributed by atoms with Crippen molar-refractivity contribution in [2.24, 2.45) is 0 Å². The maximum Gasteiger partial charge on any atom is 0.325 e. The lowest BCUT2D eigenvalue weighted by atomic mass is 10.1. The zero-order valence-electron chi connectivity index (χ0n) is 11.4. The van der Waals surface area contributed by atoms with Gasteiger partial charge in [-0.1, -0.05) is 29.3 Å². The second kappa shape index (κ2) is 7.29. The lowest BCUT2D eigenvalue weighted by Crippen LogP contribution is -2.30. The number of amides is 1. The van der Waals surface area contributed by atoms with Gasteiger partial charge in [0, 0.05) is 28.4 Å². The van der Waals surface area contributed by atoms with E-state index in [1.54, 1.807) is 18.2 Å². The molecular formula is C14H13Cl2N3O3. The number of H-pyrrole nitrogens is 2. The minimum Gasteiger partial charge on any atom is -0.355 e. The molecule has 0 bridgehead atoms. The quantitative estimate of drug-likeness (QED) is 0.764. The number of hydrogen-bond acceptors (Lipinski definition) is 3. The van der Waals surface area contributed by atoms with Crippen LogP contribution in [0.1, 0.15) is 11.3 Å². The zero-order chi connectivity index (χ0) is 16.1. The lowest BCUT2D eigenvalue weighted by Gasteiger charge is -2.07. The Morgan fingerprint density at radius 3 is 2.59 bits per heavy atom. The van der Waals surface area contributed by atoms with Gasteiger partial charge in [-0.05, 0) is 24.1 Å². The molecule has 0 saturated carbocycles. The van der Waals surface area contributed by atoms with Crippen LogP contribution in [0, 0.1) is 0 Å². The minimum atomic E-state index is -0.636. The summed E-state index contributed by atoms with van der Waals surface area (Å²) in [7, 11) is 0. The number of carbonyl (C=O) groups excluding carboxylic acids is 1. The first kappa shape index (κ1) is 16.3. The molecule has 3 N–H and O–H groups in total. The molecule has 0 spiro atoms. The van der Waals surface area contributed by atoms with E-state index in [0.717, 1.165) is 5.56 Å². The molecule has 1 heterocycles. The van der Waals surface area contributed by atoms with Crippen LogP contribution < -0.4 is 16.6 Å². The molecule has 0 fully saturated rings. The third-order valence-electron chi connectivity index (χ3n) is 2.90. The molecule has 2 rings (SSSR count). The van der Waals surface area contributed by atoms with Gasteiger partial charge < -0.3 is 10.3 Å². The summed E-state index contributed by atoms with van der Waals surface area (Å²) >= 11 is 11.8. The topological polar surface area (TPSA) is 94.8 Å². The van der Waals surface area contributed by atoms with Crippen molar-refractivity contribution in [2.75, 3.05) is 6.54 Å². The number of benzene rings is 1. The van der Waals surface area contributed by atoms with Crippen molar-refractivity contribution >= 4 is 29.1 Å². The van der Waals surface area contributed by atoms with Crippen LogP contribution in [-0.2, 0) is 17.6 Å². The van der Waals surface area contributed by atoms with Gasteiger partial charge >= 0.3 is 5.69 Å². The Kier molecular flexibility index (Phi) is 5.41.